The molecule has 1 saturated carbocycles. The maximum absolute atomic E-state index is 6.07. The first-order valence-corrected chi connectivity index (χ1v) is 7.65. The molecule has 0 radical (unpaired) electrons. The van der Waals surface area contributed by atoms with E-state index < -0.39 is 0 Å². The SMILES string of the molecule is CCOC1CC(Nc2cc(Cl)nc(C(C)C)n2)C1(C)C. The van der Waals surface area contributed by atoms with E-state index in [4.69, 9.17) is 16.3 Å². The van der Waals surface area contributed by atoms with Crippen LogP contribution in [-0.2, 0) is 4.74 Å². The molecule has 0 aliphatic heterocycles. The summed E-state index contributed by atoms with van der Waals surface area (Å²) in [5, 5.41) is 3.97. The van der Waals surface area contributed by atoms with E-state index in [9.17, 15) is 0 Å². The second-order valence-corrected chi connectivity index (χ2v) is 6.67. The van der Waals surface area contributed by atoms with Crippen molar-refractivity contribution in [3.63, 3.8) is 0 Å². The Labute approximate surface area is 126 Å². The van der Waals surface area contributed by atoms with E-state index in [2.05, 4.69) is 43.0 Å². The Bertz CT molecular complexity index is 476. The van der Waals surface area contributed by atoms with Gasteiger partial charge in [0.15, 0.2) is 0 Å². The van der Waals surface area contributed by atoms with Crippen molar-refractivity contribution < 1.29 is 4.74 Å². The molecule has 0 bridgehead atoms. The molecule has 1 fully saturated rings. The van der Waals surface area contributed by atoms with Crippen molar-refractivity contribution in [2.45, 2.75) is 59.1 Å². The van der Waals surface area contributed by atoms with E-state index in [1.54, 1.807) is 6.07 Å². The van der Waals surface area contributed by atoms with Crippen LogP contribution < -0.4 is 5.32 Å². The van der Waals surface area contributed by atoms with Crippen molar-refractivity contribution in [3.8, 4) is 0 Å². The Hall–Kier alpha value is -0.870. The van der Waals surface area contributed by atoms with E-state index in [1.807, 2.05) is 6.92 Å². The molecule has 20 heavy (non-hydrogen) atoms. The highest BCUT2D eigenvalue weighted by Gasteiger charge is 2.49. The predicted molar refractivity (Wildman–Crippen MR) is 82.4 cm³/mol. The summed E-state index contributed by atoms with van der Waals surface area (Å²) in [7, 11) is 0. The molecule has 0 amide bonds. The fourth-order valence-corrected chi connectivity index (χ4v) is 2.75. The van der Waals surface area contributed by atoms with Crippen molar-refractivity contribution in [1.82, 2.24) is 9.97 Å². The number of aromatic nitrogens is 2. The van der Waals surface area contributed by atoms with Gasteiger partial charge in [-0.25, -0.2) is 9.97 Å². The fourth-order valence-electron chi connectivity index (χ4n) is 2.56. The molecular weight excluding hydrogens is 274 g/mol. The van der Waals surface area contributed by atoms with E-state index >= 15 is 0 Å². The minimum atomic E-state index is 0.103. The molecule has 2 unspecified atom stereocenters. The highest BCUT2D eigenvalue weighted by molar-refractivity contribution is 6.29. The molecular formula is C15H24ClN3O. The first kappa shape index (κ1) is 15.5. The predicted octanol–water partition coefficient (Wildman–Crippen LogP) is 3.87. The molecule has 1 heterocycles. The average Bonchev–Trinajstić information content (AvgIpc) is 2.37. The van der Waals surface area contributed by atoms with Gasteiger partial charge in [0.25, 0.3) is 0 Å². The second kappa shape index (κ2) is 5.86. The Morgan fingerprint density at radius 1 is 1.45 bits per heavy atom. The smallest absolute Gasteiger partial charge is 0.135 e. The second-order valence-electron chi connectivity index (χ2n) is 6.29. The molecule has 0 saturated heterocycles. The van der Waals surface area contributed by atoms with Gasteiger partial charge in [-0.3, -0.25) is 0 Å². The first-order chi connectivity index (χ1) is 9.34. The number of halogens is 1. The lowest BCUT2D eigenvalue weighted by Crippen LogP contribution is -2.58. The van der Waals surface area contributed by atoms with Crippen LogP contribution in [0.15, 0.2) is 6.07 Å². The quantitative estimate of drug-likeness (QED) is 0.838. The zero-order chi connectivity index (χ0) is 14.9. The molecule has 112 valence electrons. The molecule has 2 rings (SSSR count). The van der Waals surface area contributed by atoms with Gasteiger partial charge < -0.3 is 10.1 Å². The number of hydrogen-bond donors (Lipinski definition) is 1. The number of ether oxygens (including phenoxy) is 1. The van der Waals surface area contributed by atoms with Crippen molar-refractivity contribution in [2.24, 2.45) is 5.41 Å². The van der Waals surface area contributed by atoms with Gasteiger partial charge in [0, 0.05) is 30.0 Å². The summed E-state index contributed by atoms with van der Waals surface area (Å²) in [5.41, 5.74) is 0.103. The van der Waals surface area contributed by atoms with Crippen LogP contribution in [-0.4, -0.2) is 28.7 Å². The van der Waals surface area contributed by atoms with Gasteiger partial charge in [-0.1, -0.05) is 39.3 Å². The molecule has 1 aromatic rings. The van der Waals surface area contributed by atoms with Gasteiger partial charge in [-0.2, -0.15) is 0 Å². The average molecular weight is 298 g/mol. The fraction of sp³-hybridized carbons (Fsp3) is 0.733. The highest BCUT2D eigenvalue weighted by atomic mass is 35.5. The molecule has 0 aromatic carbocycles. The summed E-state index contributed by atoms with van der Waals surface area (Å²) < 4.78 is 5.75. The van der Waals surface area contributed by atoms with Crippen molar-refractivity contribution >= 4 is 17.4 Å². The number of anilines is 1. The minimum Gasteiger partial charge on any atom is -0.378 e. The maximum atomic E-state index is 6.07. The lowest BCUT2D eigenvalue weighted by Gasteiger charge is -2.51. The zero-order valence-corrected chi connectivity index (χ0v) is 13.7. The van der Waals surface area contributed by atoms with Crippen molar-refractivity contribution in [3.05, 3.63) is 17.0 Å². The zero-order valence-electron chi connectivity index (χ0n) is 12.9. The van der Waals surface area contributed by atoms with Crippen LogP contribution in [0.2, 0.25) is 5.15 Å². The van der Waals surface area contributed by atoms with Gasteiger partial charge >= 0.3 is 0 Å². The highest BCUT2D eigenvalue weighted by Crippen LogP contribution is 2.44. The standard InChI is InChI=1S/C15H24ClN3O/c1-6-20-11-7-10(15(11,4)5)17-13-8-12(16)18-14(19-13)9(2)3/h8-11H,6-7H2,1-5H3,(H,17,18,19). The Kier molecular flexibility index (Phi) is 4.55. The van der Waals surface area contributed by atoms with Gasteiger partial charge in [-0.15, -0.1) is 0 Å². The normalized spacial score (nSPS) is 24.6. The van der Waals surface area contributed by atoms with Crippen LogP contribution in [0.3, 0.4) is 0 Å². The summed E-state index contributed by atoms with van der Waals surface area (Å²) in [6.07, 6.45) is 1.31. The number of nitrogens with one attached hydrogen (secondary N) is 1. The molecule has 2 atom stereocenters. The molecule has 0 spiro atoms. The van der Waals surface area contributed by atoms with Crippen LogP contribution in [0, 0.1) is 5.41 Å². The molecule has 1 aromatic heterocycles. The lowest BCUT2D eigenvalue weighted by atomic mass is 9.64. The summed E-state index contributed by atoms with van der Waals surface area (Å²) in [4.78, 5) is 8.80. The van der Waals surface area contributed by atoms with Gasteiger partial charge in [-0.05, 0) is 13.3 Å². The number of rotatable bonds is 5. The minimum absolute atomic E-state index is 0.103. The Morgan fingerprint density at radius 3 is 2.70 bits per heavy atom. The molecule has 5 heteroatoms. The summed E-state index contributed by atoms with van der Waals surface area (Å²) in [6.45, 7) is 11.4. The third kappa shape index (κ3) is 3.07. The van der Waals surface area contributed by atoms with E-state index in [0.29, 0.717) is 17.3 Å². The largest absolute Gasteiger partial charge is 0.378 e. The van der Waals surface area contributed by atoms with Gasteiger partial charge in [0.1, 0.15) is 16.8 Å². The van der Waals surface area contributed by atoms with Crippen molar-refractivity contribution in [1.29, 1.82) is 0 Å². The van der Waals surface area contributed by atoms with Crippen LogP contribution >= 0.6 is 11.6 Å². The monoisotopic (exact) mass is 297 g/mol. The molecule has 1 aliphatic rings. The third-order valence-corrected chi connectivity index (χ3v) is 4.29. The maximum Gasteiger partial charge on any atom is 0.135 e. The Balaban J connectivity index is 2.08. The first-order valence-electron chi connectivity index (χ1n) is 7.27. The molecule has 4 nitrogen and oxygen atoms in total. The van der Waals surface area contributed by atoms with Gasteiger partial charge in [0.05, 0.1) is 6.10 Å². The van der Waals surface area contributed by atoms with E-state index in [-0.39, 0.29) is 11.3 Å². The summed E-state index contributed by atoms with van der Waals surface area (Å²) in [5.74, 6) is 1.85. The number of hydrogen-bond acceptors (Lipinski definition) is 4. The lowest BCUT2D eigenvalue weighted by molar-refractivity contribution is -0.0976. The summed E-state index contributed by atoms with van der Waals surface area (Å²) in [6, 6.07) is 2.14. The third-order valence-electron chi connectivity index (χ3n) is 4.10. The van der Waals surface area contributed by atoms with E-state index in [0.717, 1.165) is 24.7 Å². The topological polar surface area (TPSA) is 47.0 Å². The number of nitrogens with zero attached hydrogens (tertiary/aromatic N) is 2. The molecule has 1 N–H and O–H groups in total. The van der Waals surface area contributed by atoms with Crippen LogP contribution in [0.25, 0.3) is 0 Å². The Morgan fingerprint density at radius 2 is 2.15 bits per heavy atom. The summed E-state index contributed by atoms with van der Waals surface area (Å²) >= 11 is 6.07. The van der Waals surface area contributed by atoms with Crippen LogP contribution in [0.5, 0.6) is 0 Å². The van der Waals surface area contributed by atoms with Crippen LogP contribution in [0.4, 0.5) is 5.82 Å². The van der Waals surface area contributed by atoms with Crippen molar-refractivity contribution in [2.75, 3.05) is 11.9 Å². The van der Waals surface area contributed by atoms with Gasteiger partial charge in [0.2, 0.25) is 0 Å². The van der Waals surface area contributed by atoms with E-state index in [1.165, 1.54) is 0 Å². The molecule has 1 aliphatic carbocycles. The van der Waals surface area contributed by atoms with Crippen LogP contribution in [0.1, 0.15) is 52.8 Å².